The first-order chi connectivity index (χ1) is 11.1. The standard InChI is InChI=1S/C18H21NO3S/c1-3-14-6-8-15(9-7-14)19-18(21)13(2)22-17(20)11-10-16-5-4-12-23-16/h4-9,12-13H,3,10-11H2,1-2H3,(H,19,21)/t13-/m1/s1. The maximum Gasteiger partial charge on any atom is 0.306 e. The van der Waals surface area contributed by atoms with E-state index in [1.807, 2.05) is 41.8 Å². The zero-order chi connectivity index (χ0) is 16.7. The number of carbonyl (C=O) groups is 2. The van der Waals surface area contributed by atoms with Gasteiger partial charge in [0.1, 0.15) is 0 Å². The van der Waals surface area contributed by atoms with Crippen molar-refractivity contribution in [2.75, 3.05) is 5.32 Å². The first kappa shape index (κ1) is 17.2. The van der Waals surface area contributed by atoms with Crippen LogP contribution in [0.3, 0.4) is 0 Å². The number of hydrogen-bond acceptors (Lipinski definition) is 4. The van der Waals surface area contributed by atoms with E-state index >= 15 is 0 Å². The second kappa shape index (κ2) is 8.48. The molecule has 0 bridgehead atoms. The van der Waals surface area contributed by atoms with Gasteiger partial charge in [-0.1, -0.05) is 25.1 Å². The molecule has 0 aliphatic heterocycles. The van der Waals surface area contributed by atoms with E-state index in [9.17, 15) is 9.59 Å². The van der Waals surface area contributed by atoms with Crippen LogP contribution in [0.5, 0.6) is 0 Å². The van der Waals surface area contributed by atoms with Gasteiger partial charge in [-0.15, -0.1) is 11.3 Å². The monoisotopic (exact) mass is 331 g/mol. The van der Waals surface area contributed by atoms with Gasteiger partial charge < -0.3 is 10.1 Å². The van der Waals surface area contributed by atoms with Crippen molar-refractivity contribution >= 4 is 28.9 Å². The van der Waals surface area contributed by atoms with E-state index in [1.165, 1.54) is 5.56 Å². The summed E-state index contributed by atoms with van der Waals surface area (Å²) in [6.45, 7) is 3.66. The number of aryl methyl sites for hydroxylation is 2. The summed E-state index contributed by atoms with van der Waals surface area (Å²) < 4.78 is 5.18. The quantitative estimate of drug-likeness (QED) is 0.785. The van der Waals surface area contributed by atoms with Crippen LogP contribution in [0.2, 0.25) is 0 Å². The molecule has 1 aromatic carbocycles. The lowest BCUT2D eigenvalue weighted by Gasteiger charge is -2.13. The van der Waals surface area contributed by atoms with Crippen LogP contribution in [0.1, 0.15) is 30.7 Å². The van der Waals surface area contributed by atoms with E-state index in [2.05, 4.69) is 12.2 Å². The molecule has 0 aliphatic carbocycles. The maximum atomic E-state index is 12.0. The molecule has 0 saturated carbocycles. The first-order valence-corrected chi connectivity index (χ1v) is 8.58. The molecule has 0 spiro atoms. The van der Waals surface area contributed by atoms with Gasteiger partial charge in [-0.05, 0) is 48.9 Å². The average molecular weight is 331 g/mol. The van der Waals surface area contributed by atoms with Crippen LogP contribution in [0.25, 0.3) is 0 Å². The van der Waals surface area contributed by atoms with Crippen LogP contribution in [0.15, 0.2) is 41.8 Å². The number of thiophene rings is 1. The number of benzene rings is 1. The van der Waals surface area contributed by atoms with Crippen molar-refractivity contribution in [1.29, 1.82) is 0 Å². The molecule has 2 rings (SSSR count). The van der Waals surface area contributed by atoms with Crippen LogP contribution in [0.4, 0.5) is 5.69 Å². The lowest BCUT2D eigenvalue weighted by atomic mass is 10.1. The Morgan fingerprint density at radius 3 is 2.57 bits per heavy atom. The van der Waals surface area contributed by atoms with Gasteiger partial charge in [0.15, 0.2) is 6.10 Å². The summed E-state index contributed by atoms with van der Waals surface area (Å²) in [6, 6.07) is 11.6. The Balaban J connectivity index is 1.78. The van der Waals surface area contributed by atoms with Gasteiger partial charge in [0, 0.05) is 10.6 Å². The van der Waals surface area contributed by atoms with Gasteiger partial charge in [-0.2, -0.15) is 0 Å². The van der Waals surface area contributed by atoms with Gasteiger partial charge in [-0.25, -0.2) is 0 Å². The molecule has 4 nitrogen and oxygen atoms in total. The molecule has 0 saturated heterocycles. The molecule has 1 aromatic heterocycles. The molecular formula is C18H21NO3S. The fourth-order valence-corrected chi connectivity index (χ4v) is 2.77. The van der Waals surface area contributed by atoms with Gasteiger partial charge in [0.25, 0.3) is 5.91 Å². The third kappa shape index (κ3) is 5.53. The highest BCUT2D eigenvalue weighted by molar-refractivity contribution is 7.09. The summed E-state index contributed by atoms with van der Waals surface area (Å²) in [4.78, 5) is 25.0. The van der Waals surface area contributed by atoms with Gasteiger partial charge >= 0.3 is 5.97 Å². The third-order valence-electron chi connectivity index (χ3n) is 3.46. The number of nitrogens with one attached hydrogen (secondary N) is 1. The molecule has 5 heteroatoms. The van der Waals surface area contributed by atoms with Crippen LogP contribution >= 0.6 is 11.3 Å². The zero-order valence-electron chi connectivity index (χ0n) is 13.4. The number of carbonyl (C=O) groups excluding carboxylic acids is 2. The Morgan fingerprint density at radius 2 is 1.96 bits per heavy atom. The van der Waals surface area contributed by atoms with E-state index in [0.29, 0.717) is 12.1 Å². The van der Waals surface area contributed by atoms with Crippen molar-refractivity contribution in [1.82, 2.24) is 0 Å². The molecule has 0 unspecified atom stereocenters. The van der Waals surface area contributed by atoms with Crippen molar-refractivity contribution in [3.63, 3.8) is 0 Å². The van der Waals surface area contributed by atoms with E-state index in [4.69, 9.17) is 4.74 Å². The van der Waals surface area contributed by atoms with Crippen molar-refractivity contribution in [2.24, 2.45) is 0 Å². The van der Waals surface area contributed by atoms with E-state index in [1.54, 1.807) is 18.3 Å². The van der Waals surface area contributed by atoms with Crippen LogP contribution in [0, 0.1) is 0 Å². The largest absolute Gasteiger partial charge is 0.453 e. The number of ether oxygens (including phenoxy) is 1. The molecule has 0 fully saturated rings. The van der Waals surface area contributed by atoms with E-state index < -0.39 is 6.10 Å². The molecular weight excluding hydrogens is 310 g/mol. The minimum absolute atomic E-state index is 0.281. The smallest absolute Gasteiger partial charge is 0.306 e. The lowest BCUT2D eigenvalue weighted by molar-refractivity contribution is -0.153. The maximum absolute atomic E-state index is 12.0. The predicted molar refractivity (Wildman–Crippen MR) is 92.6 cm³/mol. The molecule has 0 aliphatic rings. The minimum Gasteiger partial charge on any atom is -0.453 e. The Morgan fingerprint density at radius 1 is 1.22 bits per heavy atom. The Hall–Kier alpha value is -2.14. The van der Waals surface area contributed by atoms with E-state index in [0.717, 1.165) is 11.3 Å². The van der Waals surface area contributed by atoms with Gasteiger partial charge in [-0.3, -0.25) is 9.59 Å². The molecule has 1 heterocycles. The normalized spacial score (nSPS) is 11.7. The predicted octanol–water partition coefficient (Wildman–Crippen LogP) is 3.81. The van der Waals surface area contributed by atoms with Gasteiger partial charge in [0.2, 0.25) is 0 Å². The number of esters is 1. The van der Waals surface area contributed by atoms with Crippen LogP contribution in [-0.2, 0) is 27.2 Å². The fourth-order valence-electron chi connectivity index (χ4n) is 2.06. The highest BCUT2D eigenvalue weighted by atomic mass is 32.1. The fraction of sp³-hybridized carbons (Fsp3) is 0.333. The number of amides is 1. The Bertz CT molecular complexity index is 635. The third-order valence-corrected chi connectivity index (χ3v) is 4.40. The number of hydrogen-bond donors (Lipinski definition) is 1. The van der Waals surface area contributed by atoms with E-state index in [-0.39, 0.29) is 18.3 Å². The minimum atomic E-state index is -0.809. The Labute approximate surface area is 140 Å². The Kier molecular flexibility index (Phi) is 6.35. The van der Waals surface area contributed by atoms with Crippen molar-refractivity contribution in [3.05, 3.63) is 52.2 Å². The molecule has 23 heavy (non-hydrogen) atoms. The van der Waals surface area contributed by atoms with Crippen molar-refractivity contribution < 1.29 is 14.3 Å². The highest BCUT2D eigenvalue weighted by Crippen LogP contribution is 2.13. The van der Waals surface area contributed by atoms with Gasteiger partial charge in [0.05, 0.1) is 6.42 Å². The lowest BCUT2D eigenvalue weighted by Crippen LogP contribution is -2.30. The van der Waals surface area contributed by atoms with Crippen LogP contribution in [-0.4, -0.2) is 18.0 Å². The van der Waals surface area contributed by atoms with Crippen molar-refractivity contribution in [3.8, 4) is 0 Å². The highest BCUT2D eigenvalue weighted by Gasteiger charge is 2.17. The summed E-state index contributed by atoms with van der Waals surface area (Å²) in [5, 5.41) is 4.73. The summed E-state index contributed by atoms with van der Waals surface area (Å²) in [6.07, 6.45) is 1.07. The summed E-state index contributed by atoms with van der Waals surface area (Å²) in [5.41, 5.74) is 1.91. The van der Waals surface area contributed by atoms with Crippen molar-refractivity contribution in [2.45, 2.75) is 39.2 Å². The summed E-state index contributed by atoms with van der Waals surface area (Å²) >= 11 is 1.61. The second-order valence-corrected chi connectivity index (χ2v) is 6.28. The molecule has 122 valence electrons. The molecule has 1 N–H and O–H groups in total. The molecule has 1 atom stereocenters. The summed E-state index contributed by atoms with van der Waals surface area (Å²) in [5.74, 6) is -0.680. The topological polar surface area (TPSA) is 55.4 Å². The molecule has 1 amide bonds. The molecule has 2 aromatic rings. The number of anilines is 1. The van der Waals surface area contributed by atoms with Crippen LogP contribution < -0.4 is 5.32 Å². The summed E-state index contributed by atoms with van der Waals surface area (Å²) in [7, 11) is 0. The first-order valence-electron chi connectivity index (χ1n) is 7.70. The number of rotatable bonds is 7. The second-order valence-electron chi connectivity index (χ2n) is 5.25. The SMILES string of the molecule is CCc1ccc(NC(=O)[C@@H](C)OC(=O)CCc2cccs2)cc1. The average Bonchev–Trinajstić information content (AvgIpc) is 3.07. The zero-order valence-corrected chi connectivity index (χ0v) is 14.2. The molecule has 0 radical (unpaired) electrons.